The first-order valence-electron chi connectivity index (χ1n) is 24.8. The van der Waals surface area contributed by atoms with E-state index >= 15 is 0 Å². The lowest BCUT2D eigenvalue weighted by Crippen LogP contribution is -2.12. The Bertz CT molecular complexity index is 4010. The number of para-hydroxylation sites is 5. The highest BCUT2D eigenvalue weighted by Crippen LogP contribution is 2.47. The second-order valence-electron chi connectivity index (χ2n) is 18.5. The van der Waals surface area contributed by atoms with Crippen LogP contribution in [0, 0.1) is 6.92 Å². The predicted octanol–water partition coefficient (Wildman–Crippen LogP) is 19.3. The molecule has 0 unspecified atom stereocenters. The number of hydrogen-bond acceptors (Lipinski definition) is 2. The number of benzene rings is 12. The molecule has 12 aromatic carbocycles. The Morgan fingerprint density at radius 3 is 1.44 bits per heavy atom. The monoisotopic (exact) mass is 919 g/mol. The molecule has 13 aromatic rings. The predicted molar refractivity (Wildman–Crippen MR) is 306 cm³/mol. The van der Waals surface area contributed by atoms with Crippen molar-refractivity contribution in [3.05, 3.63) is 285 Å². The molecule has 72 heavy (non-hydrogen) atoms. The summed E-state index contributed by atoms with van der Waals surface area (Å²) in [7, 11) is 0. The molecule has 0 spiro atoms. The zero-order chi connectivity index (χ0) is 48.0. The second-order valence-corrected chi connectivity index (χ2v) is 18.5. The molecule has 0 saturated heterocycles. The first kappa shape index (κ1) is 42.6. The van der Waals surface area contributed by atoms with Crippen LogP contribution < -0.4 is 9.80 Å². The molecule has 0 aliphatic carbocycles. The first-order chi connectivity index (χ1) is 35.7. The van der Waals surface area contributed by atoms with Crippen LogP contribution in [0.15, 0.2) is 279 Å². The lowest BCUT2D eigenvalue weighted by Gasteiger charge is -2.29. The van der Waals surface area contributed by atoms with Crippen LogP contribution in [0.25, 0.3) is 82.4 Å². The summed E-state index contributed by atoms with van der Waals surface area (Å²) in [4.78, 5) is 4.77. The third-order valence-electron chi connectivity index (χ3n) is 14.3. The second kappa shape index (κ2) is 18.1. The number of aromatic nitrogens is 1. The van der Waals surface area contributed by atoms with Crippen molar-refractivity contribution in [1.29, 1.82) is 0 Å². The normalized spacial score (nSPS) is 11.4. The molecule has 1 aromatic heterocycles. The summed E-state index contributed by atoms with van der Waals surface area (Å²) in [5.41, 5.74) is 18.3. The van der Waals surface area contributed by atoms with Gasteiger partial charge in [-0.25, -0.2) is 0 Å². The van der Waals surface area contributed by atoms with Gasteiger partial charge < -0.3 is 14.4 Å². The topological polar surface area (TPSA) is 11.4 Å². The van der Waals surface area contributed by atoms with Crippen molar-refractivity contribution in [2.24, 2.45) is 0 Å². The van der Waals surface area contributed by atoms with E-state index in [1.165, 1.54) is 54.5 Å². The van der Waals surface area contributed by atoms with Crippen LogP contribution in [0.2, 0.25) is 0 Å². The maximum absolute atomic E-state index is 2.49. The van der Waals surface area contributed by atoms with Crippen LogP contribution in [-0.4, -0.2) is 4.57 Å². The van der Waals surface area contributed by atoms with Gasteiger partial charge in [0.2, 0.25) is 0 Å². The molecule has 13 rings (SSSR count). The van der Waals surface area contributed by atoms with E-state index in [0.717, 1.165) is 67.6 Å². The molecule has 1 heterocycles. The molecule has 0 N–H and O–H groups in total. The maximum atomic E-state index is 2.49. The van der Waals surface area contributed by atoms with E-state index < -0.39 is 0 Å². The van der Waals surface area contributed by atoms with E-state index in [4.69, 9.17) is 0 Å². The fourth-order valence-corrected chi connectivity index (χ4v) is 11.0. The molecule has 0 aliphatic rings. The Kier molecular flexibility index (Phi) is 10.7. The number of aryl methyl sites for hydroxylation is 1. The number of nitrogens with zero attached hydrogens (tertiary/aromatic N) is 3. The van der Waals surface area contributed by atoms with Gasteiger partial charge in [0.15, 0.2) is 0 Å². The van der Waals surface area contributed by atoms with Crippen LogP contribution in [-0.2, 0) is 0 Å². The van der Waals surface area contributed by atoms with Crippen molar-refractivity contribution in [3.8, 4) is 39.1 Å². The van der Waals surface area contributed by atoms with Crippen molar-refractivity contribution in [1.82, 2.24) is 4.57 Å². The van der Waals surface area contributed by atoms with E-state index in [9.17, 15) is 0 Å². The van der Waals surface area contributed by atoms with Crippen LogP contribution in [0.3, 0.4) is 0 Å². The fourth-order valence-electron chi connectivity index (χ4n) is 11.0. The molecule has 0 radical (unpaired) electrons. The SMILES string of the molecule is Cc1ccc2ccccc2c1-c1ccc(-n2c3cc(-c4ccc(-c5ccccc5N(c5ccccc5)c5ccccc5)cc4)ccc3c3c4ccccc4ccc32)cc1N(c1ccccc1)c1ccccc1. The van der Waals surface area contributed by atoms with Crippen LogP contribution >= 0.6 is 0 Å². The minimum atomic E-state index is 1.09. The van der Waals surface area contributed by atoms with E-state index in [-0.39, 0.29) is 0 Å². The van der Waals surface area contributed by atoms with Gasteiger partial charge in [0.1, 0.15) is 0 Å². The lowest BCUT2D eigenvalue weighted by atomic mass is 9.92. The van der Waals surface area contributed by atoms with Crippen LogP contribution in [0.1, 0.15) is 5.56 Å². The van der Waals surface area contributed by atoms with E-state index in [2.05, 4.69) is 300 Å². The molecule has 3 heteroatoms. The Hall–Kier alpha value is -9.44. The van der Waals surface area contributed by atoms with Crippen molar-refractivity contribution in [3.63, 3.8) is 0 Å². The molecule has 0 bridgehead atoms. The Morgan fingerprint density at radius 2 is 0.806 bits per heavy atom. The lowest BCUT2D eigenvalue weighted by molar-refractivity contribution is 1.17. The van der Waals surface area contributed by atoms with E-state index in [1.807, 2.05) is 0 Å². The van der Waals surface area contributed by atoms with Gasteiger partial charge in [-0.2, -0.15) is 0 Å². The zero-order valence-corrected chi connectivity index (χ0v) is 39.9. The third kappa shape index (κ3) is 7.47. The van der Waals surface area contributed by atoms with Gasteiger partial charge in [-0.3, -0.25) is 0 Å². The largest absolute Gasteiger partial charge is 0.310 e. The summed E-state index contributed by atoms with van der Waals surface area (Å²) in [6.45, 7) is 2.24. The van der Waals surface area contributed by atoms with Gasteiger partial charge in [-0.15, -0.1) is 0 Å². The molecular formula is C69H49N3. The van der Waals surface area contributed by atoms with Gasteiger partial charge in [-0.05, 0) is 135 Å². The summed E-state index contributed by atoms with van der Waals surface area (Å²) in [5, 5.41) is 7.40. The molecule has 0 amide bonds. The summed E-state index contributed by atoms with van der Waals surface area (Å²) < 4.78 is 2.49. The highest BCUT2D eigenvalue weighted by Gasteiger charge is 2.23. The average Bonchev–Trinajstić information content (AvgIpc) is 3.79. The van der Waals surface area contributed by atoms with Gasteiger partial charge in [0, 0.05) is 50.3 Å². The molecule has 0 atom stereocenters. The summed E-state index contributed by atoms with van der Waals surface area (Å²) in [6, 6.07) is 101. The highest BCUT2D eigenvalue weighted by atomic mass is 15.2. The van der Waals surface area contributed by atoms with E-state index in [0.29, 0.717) is 0 Å². The minimum absolute atomic E-state index is 1.09. The van der Waals surface area contributed by atoms with Gasteiger partial charge in [0.25, 0.3) is 0 Å². The fraction of sp³-hybridized carbons (Fsp3) is 0.0145. The quantitative estimate of drug-likeness (QED) is 0.135. The maximum Gasteiger partial charge on any atom is 0.0561 e. The molecule has 340 valence electrons. The highest BCUT2D eigenvalue weighted by molar-refractivity contribution is 6.22. The molecular weight excluding hydrogens is 871 g/mol. The number of fused-ring (bicyclic) bond motifs is 6. The first-order valence-corrected chi connectivity index (χ1v) is 24.8. The summed E-state index contributed by atoms with van der Waals surface area (Å²) in [5.74, 6) is 0. The van der Waals surface area contributed by atoms with Crippen molar-refractivity contribution >= 4 is 77.5 Å². The van der Waals surface area contributed by atoms with Gasteiger partial charge in [0.05, 0.1) is 22.4 Å². The number of anilines is 6. The van der Waals surface area contributed by atoms with Crippen LogP contribution in [0.4, 0.5) is 34.1 Å². The Labute approximate surface area is 420 Å². The number of rotatable bonds is 10. The average molecular weight is 920 g/mol. The smallest absolute Gasteiger partial charge is 0.0561 e. The van der Waals surface area contributed by atoms with E-state index in [1.54, 1.807) is 0 Å². The summed E-state index contributed by atoms with van der Waals surface area (Å²) >= 11 is 0. The Morgan fingerprint density at radius 1 is 0.306 bits per heavy atom. The van der Waals surface area contributed by atoms with Gasteiger partial charge in [-0.1, -0.05) is 200 Å². The third-order valence-corrected chi connectivity index (χ3v) is 14.3. The number of hydrogen-bond donors (Lipinski definition) is 0. The van der Waals surface area contributed by atoms with Crippen molar-refractivity contribution < 1.29 is 0 Å². The molecule has 0 fully saturated rings. The summed E-state index contributed by atoms with van der Waals surface area (Å²) in [6.07, 6.45) is 0. The molecule has 3 nitrogen and oxygen atoms in total. The molecule has 0 saturated carbocycles. The minimum Gasteiger partial charge on any atom is -0.310 e. The standard InChI is InChI=1S/C69H49N3/c1-48-34-35-50-20-14-16-31-60(50)68(48)62-44-42-58(47-67(62)71(56-26-10-4-11-27-56)57-28-12-5-13-29-57)72-65-45-41-51-21-15-17-32-61(51)69(65)63-43-40-53(46-66(63)72)49-36-38-52(39-37-49)59-30-18-19-33-64(59)70(54-22-6-2-7-23-54)55-24-8-3-9-25-55/h2-47H,1H3. The zero-order valence-electron chi connectivity index (χ0n) is 39.9. The van der Waals surface area contributed by atoms with Crippen molar-refractivity contribution in [2.45, 2.75) is 6.92 Å². The van der Waals surface area contributed by atoms with Crippen LogP contribution in [0.5, 0.6) is 0 Å². The molecule has 0 aliphatic heterocycles. The Balaban J connectivity index is 1.00. The van der Waals surface area contributed by atoms with Gasteiger partial charge >= 0.3 is 0 Å². The van der Waals surface area contributed by atoms with Crippen molar-refractivity contribution in [2.75, 3.05) is 9.80 Å².